The Kier molecular flexibility index (Phi) is 5.70. The fourth-order valence-corrected chi connectivity index (χ4v) is 9.06. The number of para-hydroxylation sites is 2. The van der Waals surface area contributed by atoms with Crippen LogP contribution in [0.4, 0.5) is 11.4 Å². The van der Waals surface area contributed by atoms with E-state index in [0.717, 1.165) is 24.8 Å². The Morgan fingerprint density at radius 1 is 0.729 bits per heavy atom. The Morgan fingerprint density at radius 2 is 1.52 bits per heavy atom. The summed E-state index contributed by atoms with van der Waals surface area (Å²) in [7, 11) is 0. The van der Waals surface area contributed by atoms with Crippen LogP contribution in [0.25, 0.3) is 49.8 Å². The average molecular weight is 617 g/mol. The van der Waals surface area contributed by atoms with Gasteiger partial charge in [0.05, 0.1) is 16.7 Å². The summed E-state index contributed by atoms with van der Waals surface area (Å²) >= 11 is 0. The molecule has 0 radical (unpaired) electrons. The van der Waals surface area contributed by atoms with E-state index < -0.39 is 0 Å². The summed E-state index contributed by atoms with van der Waals surface area (Å²) in [5.74, 6) is 0. The molecule has 4 aliphatic rings. The van der Waals surface area contributed by atoms with E-state index in [-0.39, 0.29) is 5.41 Å². The van der Waals surface area contributed by atoms with Gasteiger partial charge in [0.15, 0.2) is 0 Å². The average Bonchev–Trinajstić information content (AvgIpc) is 3.73. The van der Waals surface area contributed by atoms with E-state index in [0.29, 0.717) is 0 Å². The van der Waals surface area contributed by atoms with E-state index in [1.165, 1.54) is 89.0 Å². The lowest BCUT2D eigenvalue weighted by molar-refractivity contribution is 0.660. The van der Waals surface area contributed by atoms with Crippen LogP contribution in [-0.4, -0.2) is 4.57 Å². The van der Waals surface area contributed by atoms with Crippen molar-refractivity contribution in [3.05, 3.63) is 174 Å². The predicted octanol–water partition coefficient (Wildman–Crippen LogP) is 12.0. The van der Waals surface area contributed by atoms with E-state index in [4.69, 9.17) is 6.58 Å². The van der Waals surface area contributed by atoms with E-state index in [1.807, 2.05) is 0 Å². The predicted molar refractivity (Wildman–Crippen MR) is 203 cm³/mol. The van der Waals surface area contributed by atoms with Crippen LogP contribution >= 0.6 is 0 Å². The second-order valence-electron chi connectivity index (χ2n) is 14.1. The molecular formula is C46H36N2. The van der Waals surface area contributed by atoms with Crippen molar-refractivity contribution >= 4 is 44.3 Å². The Morgan fingerprint density at radius 3 is 2.42 bits per heavy atom. The van der Waals surface area contributed by atoms with Gasteiger partial charge in [0.1, 0.15) is 0 Å². The van der Waals surface area contributed by atoms with Crippen molar-refractivity contribution in [1.82, 2.24) is 4.57 Å². The SMILES string of the molecule is C=C1/C=C\C=C/N(c2ccc3c(c2)C(C)(C)c2ccccc2-3)c2c3c(c4c(c21)c1ccccc1n4-c1ccccc1)C1=C(C=CCC1)C3. The molecule has 5 aromatic carbocycles. The van der Waals surface area contributed by atoms with Crippen LogP contribution < -0.4 is 4.90 Å². The van der Waals surface area contributed by atoms with Crippen molar-refractivity contribution in [2.24, 2.45) is 0 Å². The van der Waals surface area contributed by atoms with Crippen LogP contribution in [0.1, 0.15) is 54.5 Å². The standard InChI is InChI=1S/C46H36N2/c1-29-15-13-14-26-47(32-24-25-35-34-20-9-11-22-38(34)46(2,3)39(35)28-32)44-37-27-30-16-7-8-19-33(30)42(37)45-43(41(29)44)36-21-10-12-23-40(36)48(45)31-17-5-4-6-18-31/h4-7,9-18,20-26,28H,1,8,19,27H2,2-3H3/b15-13-,26-14-. The highest BCUT2D eigenvalue weighted by Crippen LogP contribution is 2.55. The van der Waals surface area contributed by atoms with Gasteiger partial charge < -0.3 is 9.47 Å². The van der Waals surface area contributed by atoms with Crippen molar-refractivity contribution in [2.45, 2.75) is 38.5 Å². The number of aromatic nitrogens is 1. The summed E-state index contributed by atoms with van der Waals surface area (Å²) in [4.78, 5) is 2.47. The zero-order valence-corrected chi connectivity index (χ0v) is 27.4. The topological polar surface area (TPSA) is 8.17 Å². The molecule has 2 heteroatoms. The minimum Gasteiger partial charge on any atom is -0.316 e. The van der Waals surface area contributed by atoms with E-state index in [9.17, 15) is 0 Å². The third-order valence-corrected chi connectivity index (χ3v) is 11.2. The zero-order chi connectivity index (χ0) is 32.1. The maximum absolute atomic E-state index is 4.76. The molecule has 3 aliphatic carbocycles. The molecular weight excluding hydrogens is 581 g/mol. The fraction of sp³-hybridized carbons (Fsp3) is 0.130. The first kappa shape index (κ1) is 27.5. The Bertz CT molecular complexity index is 2510. The van der Waals surface area contributed by atoms with Gasteiger partial charge in [-0.3, -0.25) is 0 Å². The summed E-state index contributed by atoms with van der Waals surface area (Å²) in [6.07, 6.45) is 16.6. The second kappa shape index (κ2) is 9.95. The molecule has 0 fully saturated rings. The molecule has 0 unspecified atom stereocenters. The number of hydrogen-bond acceptors (Lipinski definition) is 1. The summed E-state index contributed by atoms with van der Waals surface area (Å²) < 4.78 is 2.52. The van der Waals surface area contributed by atoms with Crippen molar-refractivity contribution in [3.8, 4) is 16.8 Å². The highest BCUT2D eigenvalue weighted by atomic mass is 15.1. The van der Waals surface area contributed by atoms with Crippen LogP contribution in [0.15, 0.2) is 146 Å². The molecule has 1 aliphatic heterocycles. The van der Waals surface area contributed by atoms with E-state index in [1.54, 1.807) is 0 Å². The summed E-state index contributed by atoms with van der Waals surface area (Å²) in [6, 6.07) is 35.9. The minimum atomic E-state index is -0.0822. The second-order valence-corrected chi connectivity index (χ2v) is 14.1. The number of rotatable bonds is 2. The molecule has 230 valence electrons. The van der Waals surface area contributed by atoms with Gasteiger partial charge in [-0.25, -0.2) is 0 Å². The van der Waals surface area contributed by atoms with Gasteiger partial charge >= 0.3 is 0 Å². The first-order valence-electron chi connectivity index (χ1n) is 17.2. The Balaban J connectivity index is 1.34. The van der Waals surface area contributed by atoms with Gasteiger partial charge in [-0.15, -0.1) is 0 Å². The number of anilines is 2. The highest BCUT2D eigenvalue weighted by molar-refractivity contribution is 6.21. The van der Waals surface area contributed by atoms with Crippen molar-refractivity contribution in [3.63, 3.8) is 0 Å². The summed E-state index contributed by atoms with van der Waals surface area (Å²) in [6.45, 7) is 9.50. The third kappa shape index (κ3) is 3.63. The van der Waals surface area contributed by atoms with Crippen LogP contribution in [0.5, 0.6) is 0 Å². The number of benzene rings is 5. The largest absolute Gasteiger partial charge is 0.316 e. The highest BCUT2D eigenvalue weighted by Gasteiger charge is 2.38. The molecule has 6 aromatic rings. The molecule has 1 aromatic heterocycles. The van der Waals surface area contributed by atoms with Gasteiger partial charge in [-0.05, 0) is 93.8 Å². The lowest BCUT2D eigenvalue weighted by Crippen LogP contribution is -2.18. The van der Waals surface area contributed by atoms with Crippen LogP contribution in [0.2, 0.25) is 0 Å². The van der Waals surface area contributed by atoms with Crippen LogP contribution in [0, 0.1) is 0 Å². The Hall–Kier alpha value is -5.60. The van der Waals surface area contributed by atoms with E-state index in [2.05, 4.69) is 157 Å². The molecule has 0 atom stereocenters. The molecule has 0 saturated carbocycles. The molecule has 2 heterocycles. The number of nitrogens with zero attached hydrogens (tertiary/aromatic N) is 2. The molecule has 48 heavy (non-hydrogen) atoms. The van der Waals surface area contributed by atoms with Gasteiger partial charge in [0.25, 0.3) is 0 Å². The van der Waals surface area contributed by atoms with Crippen molar-refractivity contribution in [1.29, 1.82) is 0 Å². The molecule has 0 amide bonds. The summed E-state index contributed by atoms with van der Waals surface area (Å²) in [5, 5.41) is 2.55. The maximum Gasteiger partial charge on any atom is 0.0627 e. The smallest absolute Gasteiger partial charge is 0.0627 e. The van der Waals surface area contributed by atoms with Crippen molar-refractivity contribution < 1.29 is 0 Å². The quantitative estimate of drug-likeness (QED) is 0.188. The lowest BCUT2D eigenvalue weighted by Gasteiger charge is -2.31. The molecule has 10 rings (SSSR count). The van der Waals surface area contributed by atoms with Gasteiger partial charge in [0, 0.05) is 51.3 Å². The fourth-order valence-electron chi connectivity index (χ4n) is 9.06. The Labute approximate surface area is 282 Å². The van der Waals surface area contributed by atoms with Crippen molar-refractivity contribution in [2.75, 3.05) is 4.90 Å². The lowest BCUT2D eigenvalue weighted by atomic mass is 9.82. The third-order valence-electron chi connectivity index (χ3n) is 11.2. The number of hydrogen-bond donors (Lipinski definition) is 0. The zero-order valence-electron chi connectivity index (χ0n) is 27.4. The van der Waals surface area contributed by atoms with Crippen LogP contribution in [-0.2, 0) is 11.8 Å². The molecule has 0 spiro atoms. The molecule has 2 nitrogen and oxygen atoms in total. The number of allylic oxidation sites excluding steroid dienone is 8. The molecule has 0 saturated heterocycles. The number of fused-ring (bicyclic) bond motifs is 12. The summed E-state index contributed by atoms with van der Waals surface area (Å²) in [5.41, 5.74) is 19.6. The van der Waals surface area contributed by atoms with Gasteiger partial charge in [0.2, 0.25) is 0 Å². The molecule has 0 N–H and O–H groups in total. The maximum atomic E-state index is 4.76. The minimum absolute atomic E-state index is 0.0822. The first-order chi connectivity index (χ1) is 23.5. The molecule has 0 bridgehead atoms. The normalized spacial score (nSPS) is 18.3. The van der Waals surface area contributed by atoms with Gasteiger partial charge in [-0.2, -0.15) is 0 Å². The first-order valence-corrected chi connectivity index (χ1v) is 17.2. The van der Waals surface area contributed by atoms with E-state index >= 15 is 0 Å². The van der Waals surface area contributed by atoms with Crippen LogP contribution in [0.3, 0.4) is 0 Å². The monoisotopic (exact) mass is 616 g/mol. The van der Waals surface area contributed by atoms with Gasteiger partial charge in [-0.1, -0.05) is 111 Å².